The first-order valence-electron chi connectivity index (χ1n) is 8.96. The molecule has 1 aliphatic rings. The Labute approximate surface area is 162 Å². The van der Waals surface area contributed by atoms with E-state index in [-0.39, 0.29) is 11.3 Å². The molecule has 0 bridgehead atoms. The maximum absolute atomic E-state index is 13.4. The third-order valence-corrected chi connectivity index (χ3v) is 5.18. The second kappa shape index (κ2) is 6.43. The molecule has 8 nitrogen and oxygen atoms in total. The van der Waals surface area contributed by atoms with Gasteiger partial charge in [-0.25, -0.2) is 8.78 Å². The number of fused-ring (bicyclic) bond motifs is 4. The second-order valence-electron chi connectivity index (χ2n) is 6.85. The van der Waals surface area contributed by atoms with Gasteiger partial charge >= 0.3 is 0 Å². The fourth-order valence-electron chi connectivity index (χ4n) is 3.79. The number of alkyl halides is 2. The highest BCUT2D eigenvalue weighted by molar-refractivity contribution is 6.00. The number of aromatic nitrogens is 4. The predicted octanol–water partition coefficient (Wildman–Crippen LogP) is 3.69. The van der Waals surface area contributed by atoms with Crippen LogP contribution in [0.25, 0.3) is 16.4 Å². The van der Waals surface area contributed by atoms with Gasteiger partial charge in [0.1, 0.15) is 0 Å². The van der Waals surface area contributed by atoms with Crippen LogP contribution < -0.4 is 4.90 Å². The normalized spacial score (nSPS) is 14.0. The third-order valence-electron chi connectivity index (χ3n) is 5.18. The number of rotatable bonds is 3. The molecule has 0 fully saturated rings. The Morgan fingerprint density at radius 3 is 2.62 bits per heavy atom. The molecule has 0 radical (unpaired) electrons. The molecule has 0 saturated heterocycles. The predicted molar refractivity (Wildman–Crippen MR) is 101 cm³/mol. The van der Waals surface area contributed by atoms with E-state index in [2.05, 4.69) is 15.3 Å². The van der Waals surface area contributed by atoms with Crippen LogP contribution in [0.4, 0.5) is 20.3 Å². The van der Waals surface area contributed by atoms with E-state index in [9.17, 15) is 18.9 Å². The van der Waals surface area contributed by atoms with Crippen LogP contribution >= 0.6 is 0 Å². The summed E-state index contributed by atoms with van der Waals surface area (Å²) in [6, 6.07) is 12.1. The molecule has 0 spiro atoms. The molecule has 2 aromatic heterocycles. The standard InChI is InChI=1S/C19H14F2N6O2/c20-16(21)19-23-22-17-14-3-1-2-4-15(14)18(24-26(17)19)25-8-7-11-5-6-13(27(28)29)9-12(11)10-25/h1-6,9,16H,7-8,10H2. The molecule has 2 aromatic carbocycles. The van der Waals surface area contributed by atoms with Crippen LogP contribution in [-0.4, -0.2) is 31.3 Å². The van der Waals surface area contributed by atoms with E-state index in [0.717, 1.165) is 21.0 Å². The SMILES string of the molecule is O=[N+]([O-])c1ccc2c(c1)CN(c1nn3c(C(F)F)nnc3c3ccccc13)CC2. The van der Waals surface area contributed by atoms with Crippen LogP contribution in [0.2, 0.25) is 0 Å². The second-order valence-corrected chi connectivity index (χ2v) is 6.85. The van der Waals surface area contributed by atoms with Gasteiger partial charge in [-0.05, 0) is 17.5 Å². The lowest BCUT2D eigenvalue weighted by Crippen LogP contribution is -2.31. The number of benzene rings is 2. The van der Waals surface area contributed by atoms with Crippen molar-refractivity contribution in [1.29, 1.82) is 0 Å². The Morgan fingerprint density at radius 2 is 1.86 bits per heavy atom. The number of anilines is 1. The Morgan fingerprint density at radius 1 is 1.07 bits per heavy atom. The van der Waals surface area contributed by atoms with E-state index < -0.39 is 17.2 Å². The largest absolute Gasteiger partial charge is 0.350 e. The van der Waals surface area contributed by atoms with Gasteiger partial charge in [-0.3, -0.25) is 10.1 Å². The summed E-state index contributed by atoms with van der Waals surface area (Å²) >= 11 is 0. The fourth-order valence-corrected chi connectivity index (χ4v) is 3.79. The number of halogens is 2. The van der Waals surface area contributed by atoms with Crippen molar-refractivity contribution >= 4 is 27.9 Å². The van der Waals surface area contributed by atoms with Crippen LogP contribution in [0.1, 0.15) is 23.4 Å². The van der Waals surface area contributed by atoms with Crippen molar-refractivity contribution in [2.24, 2.45) is 0 Å². The molecular formula is C19H14F2N6O2. The molecule has 0 atom stereocenters. The van der Waals surface area contributed by atoms with Crippen molar-refractivity contribution < 1.29 is 13.7 Å². The van der Waals surface area contributed by atoms with Gasteiger partial charge in [0.25, 0.3) is 12.1 Å². The Balaban J connectivity index is 1.67. The number of nitro groups is 1. The van der Waals surface area contributed by atoms with Crippen molar-refractivity contribution in [3.63, 3.8) is 0 Å². The van der Waals surface area contributed by atoms with Gasteiger partial charge in [0.15, 0.2) is 11.5 Å². The van der Waals surface area contributed by atoms with Crippen LogP contribution in [0.15, 0.2) is 42.5 Å². The Kier molecular flexibility index (Phi) is 3.86. The minimum atomic E-state index is -2.81. The molecule has 0 aliphatic carbocycles. The summed E-state index contributed by atoms with van der Waals surface area (Å²) in [5, 5.41) is 24.5. The first-order valence-corrected chi connectivity index (χ1v) is 8.96. The average Bonchev–Trinajstić information content (AvgIpc) is 3.17. The van der Waals surface area contributed by atoms with Gasteiger partial charge in [-0.1, -0.05) is 30.3 Å². The highest BCUT2D eigenvalue weighted by atomic mass is 19.3. The summed E-state index contributed by atoms with van der Waals surface area (Å²) in [6.07, 6.45) is -2.14. The molecule has 29 heavy (non-hydrogen) atoms. The fraction of sp³-hybridized carbons (Fsp3) is 0.211. The lowest BCUT2D eigenvalue weighted by molar-refractivity contribution is -0.384. The van der Waals surface area contributed by atoms with Gasteiger partial charge < -0.3 is 4.90 Å². The summed E-state index contributed by atoms with van der Waals surface area (Å²) in [4.78, 5) is 12.6. The van der Waals surface area contributed by atoms with Crippen molar-refractivity contribution in [2.75, 3.05) is 11.4 Å². The minimum absolute atomic E-state index is 0.0256. The van der Waals surface area contributed by atoms with Crippen molar-refractivity contribution in [3.05, 3.63) is 69.5 Å². The lowest BCUT2D eigenvalue weighted by Gasteiger charge is -2.30. The Bertz CT molecular complexity index is 1270. The molecule has 10 heteroatoms. The maximum Gasteiger partial charge on any atom is 0.299 e. The maximum atomic E-state index is 13.4. The van der Waals surface area contributed by atoms with Gasteiger partial charge in [-0.2, -0.15) is 4.52 Å². The number of non-ortho nitro benzene ring substituents is 1. The van der Waals surface area contributed by atoms with Gasteiger partial charge in [0, 0.05) is 36.0 Å². The molecule has 4 aromatic rings. The number of nitro benzene ring substituents is 1. The highest BCUT2D eigenvalue weighted by Gasteiger charge is 2.25. The first-order chi connectivity index (χ1) is 14.0. The summed E-state index contributed by atoms with van der Waals surface area (Å²) in [6.45, 7) is 1.01. The summed E-state index contributed by atoms with van der Waals surface area (Å²) < 4.78 is 27.9. The lowest BCUT2D eigenvalue weighted by atomic mass is 9.98. The van der Waals surface area contributed by atoms with Crippen LogP contribution in [0.5, 0.6) is 0 Å². The first kappa shape index (κ1) is 17.4. The van der Waals surface area contributed by atoms with E-state index in [0.29, 0.717) is 30.7 Å². The summed E-state index contributed by atoms with van der Waals surface area (Å²) in [7, 11) is 0. The quantitative estimate of drug-likeness (QED) is 0.388. The molecule has 0 saturated carbocycles. The zero-order valence-corrected chi connectivity index (χ0v) is 15.0. The van der Waals surface area contributed by atoms with Crippen LogP contribution in [-0.2, 0) is 13.0 Å². The zero-order valence-electron chi connectivity index (χ0n) is 15.0. The van der Waals surface area contributed by atoms with Gasteiger partial charge in [-0.15, -0.1) is 15.3 Å². The van der Waals surface area contributed by atoms with Crippen molar-refractivity contribution in [3.8, 4) is 0 Å². The van der Waals surface area contributed by atoms with E-state index >= 15 is 0 Å². The van der Waals surface area contributed by atoms with Crippen molar-refractivity contribution in [1.82, 2.24) is 19.8 Å². The van der Waals surface area contributed by atoms with Gasteiger partial charge in [0.05, 0.1) is 4.92 Å². The zero-order chi connectivity index (χ0) is 20.1. The topological polar surface area (TPSA) is 89.5 Å². The summed E-state index contributed by atoms with van der Waals surface area (Å²) in [5.41, 5.74) is 2.16. The van der Waals surface area contributed by atoms with Crippen LogP contribution in [0.3, 0.4) is 0 Å². The monoisotopic (exact) mass is 396 g/mol. The molecule has 1 aliphatic heterocycles. The van der Waals surface area contributed by atoms with Crippen molar-refractivity contribution in [2.45, 2.75) is 19.4 Å². The number of hydrogen-bond donors (Lipinski definition) is 0. The molecule has 0 N–H and O–H groups in total. The highest BCUT2D eigenvalue weighted by Crippen LogP contribution is 2.32. The van der Waals surface area contributed by atoms with E-state index in [4.69, 9.17) is 0 Å². The molecular weight excluding hydrogens is 382 g/mol. The smallest absolute Gasteiger partial charge is 0.299 e. The van der Waals surface area contributed by atoms with E-state index in [1.165, 1.54) is 6.07 Å². The molecule has 5 rings (SSSR count). The number of nitrogens with zero attached hydrogens (tertiary/aromatic N) is 6. The summed E-state index contributed by atoms with van der Waals surface area (Å²) in [5.74, 6) is 0.00649. The molecule has 0 amide bonds. The minimum Gasteiger partial charge on any atom is -0.350 e. The molecule has 0 unspecified atom stereocenters. The molecule has 3 heterocycles. The van der Waals surface area contributed by atoms with E-state index in [1.54, 1.807) is 24.3 Å². The van der Waals surface area contributed by atoms with Gasteiger partial charge in [0.2, 0.25) is 5.82 Å². The van der Waals surface area contributed by atoms with E-state index in [1.807, 2.05) is 17.0 Å². The Hall–Kier alpha value is -3.69. The number of hydrogen-bond acceptors (Lipinski definition) is 6. The van der Waals surface area contributed by atoms with Crippen LogP contribution in [0, 0.1) is 10.1 Å². The average molecular weight is 396 g/mol. The third kappa shape index (κ3) is 2.75. The molecule has 146 valence electrons.